The van der Waals surface area contributed by atoms with Crippen LogP contribution in [0, 0.1) is 5.92 Å². The summed E-state index contributed by atoms with van der Waals surface area (Å²) in [6, 6.07) is 6.30. The van der Waals surface area contributed by atoms with E-state index in [1.807, 2.05) is 0 Å². The average molecular weight is 301 g/mol. The Hall–Kier alpha value is -1.03. The third kappa shape index (κ3) is 3.46. The van der Waals surface area contributed by atoms with Gasteiger partial charge in [0.1, 0.15) is 0 Å². The van der Waals surface area contributed by atoms with Crippen molar-refractivity contribution >= 4 is 27.5 Å². The SMILES string of the molecule is CCC(C)C(=O)C(F)C(=O)c1ccc(Br)cc1. The quantitative estimate of drug-likeness (QED) is 0.615. The average Bonchev–Trinajstić information content (AvgIpc) is 2.36. The van der Waals surface area contributed by atoms with Gasteiger partial charge in [-0.2, -0.15) is 0 Å². The highest BCUT2D eigenvalue weighted by molar-refractivity contribution is 9.10. The molecule has 0 aliphatic heterocycles. The van der Waals surface area contributed by atoms with Crippen LogP contribution in [-0.4, -0.2) is 17.7 Å². The van der Waals surface area contributed by atoms with Crippen LogP contribution in [0.15, 0.2) is 28.7 Å². The maximum Gasteiger partial charge on any atom is 0.221 e. The minimum absolute atomic E-state index is 0.220. The van der Waals surface area contributed by atoms with Crippen molar-refractivity contribution in [2.24, 2.45) is 5.92 Å². The topological polar surface area (TPSA) is 34.1 Å². The zero-order valence-electron chi connectivity index (χ0n) is 9.74. The zero-order valence-corrected chi connectivity index (χ0v) is 11.3. The van der Waals surface area contributed by atoms with Crippen LogP contribution < -0.4 is 0 Å². The van der Waals surface area contributed by atoms with Crippen molar-refractivity contribution in [3.05, 3.63) is 34.3 Å². The van der Waals surface area contributed by atoms with Gasteiger partial charge in [0, 0.05) is 16.0 Å². The fraction of sp³-hybridized carbons (Fsp3) is 0.385. The Labute approximate surface area is 108 Å². The second kappa shape index (κ2) is 6.05. The van der Waals surface area contributed by atoms with Crippen molar-refractivity contribution in [2.75, 3.05) is 0 Å². The second-order valence-corrected chi connectivity index (χ2v) is 4.86. The number of hydrogen-bond donors (Lipinski definition) is 0. The highest BCUT2D eigenvalue weighted by Gasteiger charge is 2.29. The Kier molecular flexibility index (Phi) is 5.00. The van der Waals surface area contributed by atoms with Gasteiger partial charge in [-0.15, -0.1) is 0 Å². The lowest BCUT2D eigenvalue weighted by Crippen LogP contribution is -2.30. The number of carbonyl (C=O) groups excluding carboxylic acids is 2. The number of alkyl halides is 1. The van der Waals surface area contributed by atoms with Gasteiger partial charge in [-0.25, -0.2) is 4.39 Å². The summed E-state index contributed by atoms with van der Waals surface area (Å²) in [7, 11) is 0. The summed E-state index contributed by atoms with van der Waals surface area (Å²) in [5.74, 6) is -1.83. The van der Waals surface area contributed by atoms with Gasteiger partial charge < -0.3 is 0 Å². The first-order valence-corrected chi connectivity index (χ1v) is 6.24. The van der Waals surface area contributed by atoms with E-state index in [2.05, 4.69) is 15.9 Å². The van der Waals surface area contributed by atoms with Gasteiger partial charge in [-0.1, -0.05) is 41.9 Å². The number of ketones is 2. The molecule has 1 aromatic carbocycles. The fourth-order valence-corrected chi connectivity index (χ4v) is 1.61. The number of halogens is 2. The van der Waals surface area contributed by atoms with E-state index in [0.717, 1.165) is 4.47 Å². The van der Waals surface area contributed by atoms with Gasteiger partial charge in [0.25, 0.3) is 0 Å². The molecule has 0 saturated carbocycles. The maximum absolute atomic E-state index is 13.7. The molecule has 0 bridgehead atoms. The molecule has 0 aliphatic carbocycles. The highest BCUT2D eigenvalue weighted by Crippen LogP contribution is 2.16. The Bertz CT molecular complexity index is 414. The van der Waals surface area contributed by atoms with Gasteiger partial charge in [0.15, 0.2) is 5.78 Å². The lowest BCUT2D eigenvalue weighted by atomic mass is 9.95. The van der Waals surface area contributed by atoms with E-state index < -0.39 is 23.7 Å². The van der Waals surface area contributed by atoms with Crippen LogP contribution in [0.25, 0.3) is 0 Å². The normalized spacial score (nSPS) is 14.1. The predicted molar refractivity (Wildman–Crippen MR) is 67.8 cm³/mol. The monoisotopic (exact) mass is 300 g/mol. The van der Waals surface area contributed by atoms with E-state index in [1.54, 1.807) is 26.0 Å². The first-order chi connectivity index (χ1) is 7.97. The second-order valence-electron chi connectivity index (χ2n) is 3.95. The number of benzene rings is 1. The number of Topliss-reactive ketones (excluding diaryl/α,β-unsaturated/α-hetero) is 2. The van der Waals surface area contributed by atoms with E-state index in [1.165, 1.54) is 12.1 Å². The van der Waals surface area contributed by atoms with Crippen molar-refractivity contribution in [3.63, 3.8) is 0 Å². The third-order valence-electron chi connectivity index (χ3n) is 2.71. The minimum atomic E-state index is -2.05. The fourth-order valence-electron chi connectivity index (χ4n) is 1.34. The molecule has 0 fully saturated rings. The molecule has 0 N–H and O–H groups in total. The van der Waals surface area contributed by atoms with Gasteiger partial charge in [-0.3, -0.25) is 9.59 Å². The van der Waals surface area contributed by atoms with Gasteiger partial charge >= 0.3 is 0 Å². The molecule has 0 heterocycles. The van der Waals surface area contributed by atoms with Crippen LogP contribution in [0.1, 0.15) is 30.6 Å². The molecule has 0 amide bonds. The van der Waals surface area contributed by atoms with Crippen LogP contribution in [-0.2, 0) is 4.79 Å². The van der Waals surface area contributed by atoms with E-state index >= 15 is 0 Å². The van der Waals surface area contributed by atoms with Gasteiger partial charge in [-0.05, 0) is 18.6 Å². The molecule has 4 heteroatoms. The molecule has 0 radical (unpaired) electrons. The van der Waals surface area contributed by atoms with Gasteiger partial charge in [0.2, 0.25) is 12.0 Å². The molecule has 17 heavy (non-hydrogen) atoms. The third-order valence-corrected chi connectivity index (χ3v) is 3.24. The zero-order chi connectivity index (χ0) is 13.0. The van der Waals surface area contributed by atoms with E-state index in [-0.39, 0.29) is 5.56 Å². The Morgan fingerprint density at radius 1 is 1.29 bits per heavy atom. The summed E-state index contributed by atoms with van der Waals surface area (Å²) >= 11 is 3.22. The standard InChI is InChI=1S/C13H14BrFO2/c1-3-8(2)12(16)11(15)13(17)9-4-6-10(14)7-5-9/h4-8,11H,3H2,1-2H3. The molecule has 92 valence electrons. The maximum atomic E-state index is 13.7. The molecule has 1 aromatic rings. The molecule has 2 unspecified atom stereocenters. The van der Waals surface area contributed by atoms with Crippen molar-refractivity contribution in [1.82, 2.24) is 0 Å². The first kappa shape index (κ1) is 14.0. The molecular weight excluding hydrogens is 287 g/mol. The molecule has 2 nitrogen and oxygen atoms in total. The van der Waals surface area contributed by atoms with Crippen molar-refractivity contribution in [1.29, 1.82) is 0 Å². The minimum Gasteiger partial charge on any atom is -0.296 e. The Morgan fingerprint density at radius 3 is 2.29 bits per heavy atom. The van der Waals surface area contributed by atoms with E-state index in [4.69, 9.17) is 0 Å². The molecule has 0 aromatic heterocycles. The van der Waals surface area contributed by atoms with Crippen LogP contribution >= 0.6 is 15.9 Å². The smallest absolute Gasteiger partial charge is 0.221 e. The Morgan fingerprint density at radius 2 is 1.82 bits per heavy atom. The van der Waals surface area contributed by atoms with Crippen LogP contribution in [0.5, 0.6) is 0 Å². The summed E-state index contributed by atoms with van der Waals surface area (Å²) in [5.41, 5.74) is 0.220. The van der Waals surface area contributed by atoms with Crippen molar-refractivity contribution in [2.45, 2.75) is 26.4 Å². The van der Waals surface area contributed by atoms with Crippen LogP contribution in [0.3, 0.4) is 0 Å². The highest BCUT2D eigenvalue weighted by atomic mass is 79.9. The first-order valence-electron chi connectivity index (χ1n) is 5.45. The summed E-state index contributed by atoms with van der Waals surface area (Å²) < 4.78 is 14.5. The summed E-state index contributed by atoms with van der Waals surface area (Å²) in [5, 5.41) is 0. The molecule has 0 aliphatic rings. The number of carbonyl (C=O) groups is 2. The van der Waals surface area contributed by atoms with Crippen LogP contribution in [0.2, 0.25) is 0 Å². The summed E-state index contributed by atoms with van der Waals surface area (Å²) in [6.07, 6.45) is -1.52. The Balaban J connectivity index is 2.83. The van der Waals surface area contributed by atoms with Crippen LogP contribution in [0.4, 0.5) is 4.39 Å². The van der Waals surface area contributed by atoms with Crippen molar-refractivity contribution in [3.8, 4) is 0 Å². The molecule has 0 saturated heterocycles. The molecule has 1 rings (SSSR count). The number of hydrogen-bond acceptors (Lipinski definition) is 2. The largest absolute Gasteiger partial charge is 0.296 e. The van der Waals surface area contributed by atoms with Gasteiger partial charge in [0.05, 0.1) is 0 Å². The number of rotatable bonds is 5. The summed E-state index contributed by atoms with van der Waals surface area (Å²) in [4.78, 5) is 23.3. The predicted octanol–water partition coefficient (Wildman–Crippen LogP) is 3.59. The molecule has 0 spiro atoms. The summed E-state index contributed by atoms with van der Waals surface area (Å²) in [6.45, 7) is 3.42. The molecule has 2 atom stereocenters. The lowest BCUT2D eigenvalue weighted by molar-refractivity contribution is -0.125. The molecular formula is C13H14BrFO2. The lowest BCUT2D eigenvalue weighted by Gasteiger charge is -2.11. The van der Waals surface area contributed by atoms with E-state index in [0.29, 0.717) is 6.42 Å². The van der Waals surface area contributed by atoms with E-state index in [9.17, 15) is 14.0 Å². The van der Waals surface area contributed by atoms with Crippen molar-refractivity contribution < 1.29 is 14.0 Å².